The first kappa shape index (κ1) is 16.8. The predicted octanol–water partition coefficient (Wildman–Crippen LogP) is -2.18. The fourth-order valence-corrected chi connectivity index (χ4v) is 2.66. The van der Waals surface area contributed by atoms with Gasteiger partial charge in [0.1, 0.15) is 10.1 Å². The Hall–Kier alpha value is -0.180. The molecule has 0 spiro atoms. The Balaban J connectivity index is 0.00000256. The van der Waals surface area contributed by atoms with Crippen molar-refractivity contribution in [2.75, 3.05) is 0 Å². The van der Waals surface area contributed by atoms with Crippen molar-refractivity contribution < 1.29 is 50.9 Å². The molecule has 0 radical (unpaired) electrons. The first-order valence-corrected chi connectivity index (χ1v) is 7.08. The standard InChI is InChI=1S/C9H10O5S2.Na/c1-3-15(10,11)8-5-4-7(2)9(6-8)16(12,13)14;/h3-6H,1H2,2H3,(H,12,13,14);/q;+1/p-1. The molecule has 0 N–H and O–H groups in total. The molecule has 0 unspecified atom stereocenters. The van der Waals surface area contributed by atoms with E-state index in [0.717, 1.165) is 6.07 Å². The number of benzene rings is 1. The van der Waals surface area contributed by atoms with Gasteiger partial charge in [-0.2, -0.15) is 0 Å². The summed E-state index contributed by atoms with van der Waals surface area (Å²) in [6, 6.07) is 3.33. The van der Waals surface area contributed by atoms with E-state index in [4.69, 9.17) is 0 Å². The Bertz CT molecular complexity index is 631. The molecule has 0 aliphatic heterocycles. The Morgan fingerprint density at radius 1 is 1.24 bits per heavy atom. The molecule has 1 rings (SSSR count). The molecular weight excluding hydrogens is 275 g/mol. The molecule has 0 heterocycles. The summed E-state index contributed by atoms with van der Waals surface area (Å²) >= 11 is 0. The first-order valence-electron chi connectivity index (χ1n) is 4.12. The van der Waals surface area contributed by atoms with Gasteiger partial charge in [-0.25, -0.2) is 16.8 Å². The molecule has 88 valence electrons. The molecule has 5 nitrogen and oxygen atoms in total. The van der Waals surface area contributed by atoms with Crippen LogP contribution in [0.3, 0.4) is 0 Å². The summed E-state index contributed by atoms with van der Waals surface area (Å²) in [5, 5.41) is 0.693. The van der Waals surface area contributed by atoms with Gasteiger partial charge >= 0.3 is 29.6 Å². The van der Waals surface area contributed by atoms with Crippen molar-refractivity contribution in [1.29, 1.82) is 0 Å². The van der Waals surface area contributed by atoms with E-state index in [-0.39, 0.29) is 40.0 Å². The van der Waals surface area contributed by atoms with Gasteiger partial charge in [0, 0.05) is 5.41 Å². The number of hydrogen-bond acceptors (Lipinski definition) is 5. The molecule has 0 aromatic heterocycles. The number of hydrogen-bond donors (Lipinski definition) is 0. The molecular formula is C9H9NaO5S2. The minimum absolute atomic E-state index is 0. The van der Waals surface area contributed by atoms with Crippen molar-refractivity contribution >= 4 is 20.0 Å². The second kappa shape index (κ2) is 5.64. The topological polar surface area (TPSA) is 91.3 Å². The Morgan fingerprint density at radius 2 is 1.76 bits per heavy atom. The van der Waals surface area contributed by atoms with Crippen LogP contribution in [0.1, 0.15) is 5.56 Å². The second-order valence-electron chi connectivity index (χ2n) is 3.09. The third-order valence-corrected chi connectivity index (χ3v) is 4.31. The maximum absolute atomic E-state index is 11.4. The van der Waals surface area contributed by atoms with Gasteiger partial charge in [0.15, 0.2) is 9.84 Å². The van der Waals surface area contributed by atoms with Gasteiger partial charge < -0.3 is 4.55 Å². The molecule has 0 aliphatic carbocycles. The zero-order valence-corrected chi connectivity index (χ0v) is 13.0. The van der Waals surface area contributed by atoms with Gasteiger partial charge in [0.2, 0.25) is 0 Å². The van der Waals surface area contributed by atoms with Crippen LogP contribution >= 0.6 is 0 Å². The Labute approximate surface area is 123 Å². The molecule has 1 aromatic carbocycles. The molecule has 0 amide bonds. The SMILES string of the molecule is C=CS(=O)(=O)c1ccc(C)c(S(=O)(=O)[O-])c1.[Na+]. The summed E-state index contributed by atoms with van der Waals surface area (Å²) in [5.74, 6) is 0. The maximum Gasteiger partial charge on any atom is 1.00 e. The van der Waals surface area contributed by atoms with Crippen molar-refractivity contribution in [3.63, 3.8) is 0 Å². The van der Waals surface area contributed by atoms with E-state index in [0.29, 0.717) is 5.41 Å². The van der Waals surface area contributed by atoms with Gasteiger partial charge in [-0.05, 0) is 24.6 Å². The summed E-state index contributed by atoms with van der Waals surface area (Å²) < 4.78 is 55.3. The quantitative estimate of drug-likeness (QED) is 0.465. The minimum Gasteiger partial charge on any atom is -0.744 e. The largest absolute Gasteiger partial charge is 1.00 e. The average Bonchev–Trinajstić information content (AvgIpc) is 2.16. The van der Waals surface area contributed by atoms with Gasteiger partial charge in [-0.3, -0.25) is 0 Å². The Morgan fingerprint density at radius 3 is 2.18 bits per heavy atom. The van der Waals surface area contributed by atoms with Crippen molar-refractivity contribution in [3.8, 4) is 0 Å². The van der Waals surface area contributed by atoms with Crippen LogP contribution < -0.4 is 29.6 Å². The molecule has 1 aromatic rings. The van der Waals surface area contributed by atoms with E-state index in [1.807, 2.05) is 0 Å². The molecule has 17 heavy (non-hydrogen) atoms. The third-order valence-electron chi connectivity index (χ3n) is 1.98. The van der Waals surface area contributed by atoms with Crippen LogP contribution in [0.5, 0.6) is 0 Å². The van der Waals surface area contributed by atoms with Gasteiger partial charge in [-0.15, -0.1) is 0 Å². The maximum atomic E-state index is 11.4. The molecule has 0 aliphatic rings. The zero-order valence-electron chi connectivity index (χ0n) is 9.37. The molecule has 0 saturated carbocycles. The molecule has 0 fully saturated rings. The normalized spacial score (nSPS) is 11.6. The first-order chi connectivity index (χ1) is 7.18. The zero-order chi connectivity index (χ0) is 12.6. The second-order valence-corrected chi connectivity index (χ2v) is 6.34. The van der Waals surface area contributed by atoms with Gasteiger partial charge in [-0.1, -0.05) is 12.6 Å². The van der Waals surface area contributed by atoms with Crippen molar-refractivity contribution in [1.82, 2.24) is 0 Å². The fraction of sp³-hybridized carbons (Fsp3) is 0.111. The van der Waals surface area contributed by atoms with E-state index in [9.17, 15) is 21.4 Å². The number of rotatable bonds is 3. The van der Waals surface area contributed by atoms with Crippen molar-refractivity contribution in [3.05, 3.63) is 35.7 Å². The van der Waals surface area contributed by atoms with Crippen LogP contribution in [-0.2, 0) is 20.0 Å². The van der Waals surface area contributed by atoms with Gasteiger partial charge in [0.05, 0.1) is 9.79 Å². The molecule has 0 saturated heterocycles. The summed E-state index contributed by atoms with van der Waals surface area (Å²) in [6.45, 7) is 4.52. The van der Waals surface area contributed by atoms with E-state index < -0.39 is 24.9 Å². The smallest absolute Gasteiger partial charge is 0.744 e. The van der Waals surface area contributed by atoms with Crippen LogP contribution in [0, 0.1) is 6.92 Å². The summed E-state index contributed by atoms with van der Waals surface area (Å²) in [7, 11) is -8.41. The monoisotopic (exact) mass is 284 g/mol. The Kier molecular flexibility index (Phi) is 5.58. The van der Waals surface area contributed by atoms with E-state index in [1.54, 1.807) is 0 Å². The summed E-state index contributed by atoms with van der Waals surface area (Å²) in [5.41, 5.74) is 0.206. The molecule has 0 atom stereocenters. The van der Waals surface area contributed by atoms with E-state index >= 15 is 0 Å². The molecule has 0 bridgehead atoms. The summed E-state index contributed by atoms with van der Waals surface area (Å²) in [6.07, 6.45) is 0. The van der Waals surface area contributed by atoms with Crippen LogP contribution in [-0.4, -0.2) is 21.4 Å². The number of sulfone groups is 1. The van der Waals surface area contributed by atoms with E-state index in [2.05, 4.69) is 6.58 Å². The van der Waals surface area contributed by atoms with Crippen LogP contribution in [0.15, 0.2) is 40.0 Å². The minimum atomic E-state index is -4.67. The van der Waals surface area contributed by atoms with Crippen molar-refractivity contribution in [2.24, 2.45) is 0 Å². The average molecular weight is 284 g/mol. The summed E-state index contributed by atoms with van der Waals surface area (Å²) in [4.78, 5) is -0.794. The number of aryl methyl sites for hydroxylation is 1. The third kappa shape index (κ3) is 3.90. The van der Waals surface area contributed by atoms with Crippen LogP contribution in [0.2, 0.25) is 0 Å². The predicted molar refractivity (Wildman–Crippen MR) is 56.5 cm³/mol. The molecule has 8 heteroatoms. The van der Waals surface area contributed by atoms with Crippen molar-refractivity contribution in [2.45, 2.75) is 16.7 Å². The van der Waals surface area contributed by atoms with E-state index in [1.165, 1.54) is 19.1 Å². The van der Waals surface area contributed by atoms with Crippen LogP contribution in [0.4, 0.5) is 0 Å². The fourth-order valence-electron chi connectivity index (χ4n) is 1.12. The van der Waals surface area contributed by atoms with Crippen LogP contribution in [0.25, 0.3) is 0 Å². The van der Waals surface area contributed by atoms with Gasteiger partial charge in [0.25, 0.3) is 0 Å².